The van der Waals surface area contributed by atoms with E-state index in [9.17, 15) is 4.39 Å². The lowest BCUT2D eigenvalue weighted by atomic mass is 10.2. The second-order valence-corrected chi connectivity index (χ2v) is 5.01. The van der Waals surface area contributed by atoms with Gasteiger partial charge >= 0.3 is 0 Å². The normalized spacial score (nSPS) is 10.6. The van der Waals surface area contributed by atoms with E-state index in [1.807, 2.05) is 6.07 Å². The first-order valence-electron chi connectivity index (χ1n) is 5.54. The van der Waals surface area contributed by atoms with E-state index in [1.54, 1.807) is 28.9 Å². The van der Waals surface area contributed by atoms with Crippen LogP contribution in [0.1, 0.15) is 5.56 Å². The molecule has 0 N–H and O–H groups in total. The van der Waals surface area contributed by atoms with Crippen molar-refractivity contribution in [3.8, 4) is 11.8 Å². The van der Waals surface area contributed by atoms with Gasteiger partial charge in [0, 0.05) is 11.5 Å². The largest absolute Gasteiger partial charge is 0.231 e. The predicted molar refractivity (Wildman–Crippen MR) is 78.5 cm³/mol. The minimum atomic E-state index is -0.320. The number of halogens is 2. The molecule has 3 nitrogen and oxygen atoms in total. The van der Waals surface area contributed by atoms with E-state index in [-0.39, 0.29) is 5.82 Å². The summed E-state index contributed by atoms with van der Waals surface area (Å²) in [6, 6.07) is 13.8. The van der Waals surface area contributed by atoms with Crippen molar-refractivity contribution in [1.29, 1.82) is 5.26 Å². The van der Waals surface area contributed by atoms with Crippen LogP contribution in [0.5, 0.6) is 0 Å². The standard InChI is InChI=1S/C14H7FIN3/c15-10-5-6-11-13(7-10)19(18-14(11)16)12-4-2-1-3-9(12)8-17/h1-7H. The third-order valence-corrected chi connectivity index (χ3v) is 3.65. The highest BCUT2D eigenvalue weighted by atomic mass is 127. The molecular formula is C14H7FIN3. The molecule has 0 fully saturated rings. The van der Waals surface area contributed by atoms with Crippen molar-refractivity contribution in [1.82, 2.24) is 9.78 Å². The van der Waals surface area contributed by atoms with E-state index < -0.39 is 0 Å². The molecule has 0 aliphatic carbocycles. The number of nitrogens with zero attached hydrogens (tertiary/aromatic N) is 3. The van der Waals surface area contributed by atoms with E-state index in [0.717, 1.165) is 9.09 Å². The lowest BCUT2D eigenvalue weighted by Crippen LogP contribution is -1.99. The van der Waals surface area contributed by atoms with Gasteiger partial charge < -0.3 is 0 Å². The summed E-state index contributed by atoms with van der Waals surface area (Å²) in [5.74, 6) is -0.320. The third-order valence-electron chi connectivity index (χ3n) is 2.85. The number of benzene rings is 2. The highest BCUT2D eigenvalue weighted by molar-refractivity contribution is 14.1. The molecule has 0 unspecified atom stereocenters. The molecule has 0 aliphatic heterocycles. The Morgan fingerprint density at radius 2 is 2.00 bits per heavy atom. The van der Waals surface area contributed by atoms with E-state index in [4.69, 9.17) is 5.26 Å². The fourth-order valence-electron chi connectivity index (χ4n) is 1.99. The number of hydrogen-bond donors (Lipinski definition) is 0. The van der Waals surface area contributed by atoms with Crippen molar-refractivity contribution in [3.63, 3.8) is 0 Å². The number of aromatic nitrogens is 2. The van der Waals surface area contributed by atoms with Crippen LogP contribution >= 0.6 is 22.6 Å². The molecule has 0 atom stereocenters. The lowest BCUT2D eigenvalue weighted by Gasteiger charge is -2.05. The zero-order valence-electron chi connectivity index (χ0n) is 9.64. The van der Waals surface area contributed by atoms with Gasteiger partial charge in [0.2, 0.25) is 0 Å². The lowest BCUT2D eigenvalue weighted by molar-refractivity contribution is 0.629. The first-order chi connectivity index (χ1) is 9.20. The number of nitriles is 1. The van der Waals surface area contributed by atoms with Crippen molar-refractivity contribution in [2.45, 2.75) is 0 Å². The van der Waals surface area contributed by atoms with Crippen LogP contribution in [0.15, 0.2) is 42.5 Å². The predicted octanol–water partition coefficient (Wildman–Crippen LogP) is 3.64. The van der Waals surface area contributed by atoms with Crippen LogP contribution in [0.4, 0.5) is 4.39 Å². The Morgan fingerprint density at radius 1 is 1.21 bits per heavy atom. The second-order valence-electron chi connectivity index (χ2n) is 3.99. The molecule has 1 aromatic heterocycles. The summed E-state index contributed by atoms with van der Waals surface area (Å²) in [4.78, 5) is 0. The molecule has 1 heterocycles. The summed E-state index contributed by atoms with van der Waals surface area (Å²) >= 11 is 2.10. The fraction of sp³-hybridized carbons (Fsp3) is 0. The number of fused-ring (bicyclic) bond motifs is 1. The third kappa shape index (κ3) is 1.98. The van der Waals surface area contributed by atoms with Gasteiger partial charge in [0.1, 0.15) is 15.6 Å². The van der Waals surface area contributed by atoms with Crippen molar-refractivity contribution in [2.24, 2.45) is 0 Å². The molecular weight excluding hydrogens is 356 g/mol. The Bertz CT molecular complexity index is 817. The molecule has 0 amide bonds. The monoisotopic (exact) mass is 363 g/mol. The quantitative estimate of drug-likeness (QED) is 0.620. The summed E-state index contributed by atoms with van der Waals surface area (Å²) in [5, 5.41) is 14.4. The van der Waals surface area contributed by atoms with Gasteiger partial charge in [-0.05, 0) is 46.9 Å². The molecule has 5 heteroatoms. The summed E-state index contributed by atoms with van der Waals surface area (Å²) in [6.07, 6.45) is 0. The number of para-hydroxylation sites is 1. The second kappa shape index (κ2) is 4.63. The zero-order valence-corrected chi connectivity index (χ0v) is 11.8. The van der Waals surface area contributed by atoms with Crippen LogP contribution in [-0.4, -0.2) is 9.78 Å². The molecule has 3 aromatic rings. The van der Waals surface area contributed by atoms with Gasteiger partial charge in [0.15, 0.2) is 0 Å². The Labute approximate surface area is 122 Å². The minimum Gasteiger partial charge on any atom is -0.231 e. The Balaban J connectivity index is 2.37. The molecule has 0 saturated carbocycles. The first kappa shape index (κ1) is 12.1. The summed E-state index contributed by atoms with van der Waals surface area (Å²) in [7, 11) is 0. The number of hydrogen-bond acceptors (Lipinski definition) is 2. The summed E-state index contributed by atoms with van der Waals surface area (Å²) < 4.78 is 15.8. The first-order valence-corrected chi connectivity index (χ1v) is 6.62. The maximum Gasteiger partial charge on any atom is 0.131 e. The number of rotatable bonds is 1. The van der Waals surface area contributed by atoms with Crippen LogP contribution in [0.25, 0.3) is 16.6 Å². The Hall–Kier alpha value is -1.94. The van der Waals surface area contributed by atoms with Crippen LogP contribution < -0.4 is 0 Å². The van der Waals surface area contributed by atoms with Gasteiger partial charge in [0.25, 0.3) is 0 Å². The molecule has 0 radical (unpaired) electrons. The highest BCUT2D eigenvalue weighted by Crippen LogP contribution is 2.25. The Kier molecular flexibility index (Phi) is 2.95. The molecule has 92 valence electrons. The van der Waals surface area contributed by atoms with Gasteiger partial charge in [-0.2, -0.15) is 10.4 Å². The van der Waals surface area contributed by atoms with Gasteiger partial charge in [-0.1, -0.05) is 12.1 Å². The van der Waals surface area contributed by atoms with Crippen molar-refractivity contribution >= 4 is 33.5 Å². The topological polar surface area (TPSA) is 41.6 Å². The molecule has 0 saturated heterocycles. The van der Waals surface area contributed by atoms with Crippen LogP contribution in [-0.2, 0) is 0 Å². The fourth-order valence-corrected chi connectivity index (χ4v) is 2.66. The molecule has 0 aliphatic rings. The highest BCUT2D eigenvalue weighted by Gasteiger charge is 2.13. The Morgan fingerprint density at radius 3 is 2.79 bits per heavy atom. The summed E-state index contributed by atoms with van der Waals surface area (Å²) in [6.45, 7) is 0. The molecule has 3 rings (SSSR count). The van der Waals surface area contributed by atoms with Crippen LogP contribution in [0.3, 0.4) is 0 Å². The molecule has 0 bridgehead atoms. The van der Waals surface area contributed by atoms with Gasteiger partial charge in [0.05, 0.1) is 16.8 Å². The molecule has 19 heavy (non-hydrogen) atoms. The van der Waals surface area contributed by atoms with Crippen LogP contribution in [0.2, 0.25) is 0 Å². The molecule has 2 aromatic carbocycles. The maximum absolute atomic E-state index is 13.4. The van der Waals surface area contributed by atoms with Gasteiger partial charge in [-0.15, -0.1) is 0 Å². The van der Waals surface area contributed by atoms with E-state index in [0.29, 0.717) is 16.8 Å². The van der Waals surface area contributed by atoms with E-state index in [1.165, 1.54) is 12.1 Å². The van der Waals surface area contributed by atoms with E-state index >= 15 is 0 Å². The van der Waals surface area contributed by atoms with Crippen LogP contribution in [0, 0.1) is 20.8 Å². The van der Waals surface area contributed by atoms with Gasteiger partial charge in [-0.25, -0.2) is 9.07 Å². The average molecular weight is 363 g/mol. The van der Waals surface area contributed by atoms with Crippen molar-refractivity contribution in [3.05, 3.63) is 57.5 Å². The zero-order chi connectivity index (χ0) is 13.4. The maximum atomic E-state index is 13.4. The van der Waals surface area contributed by atoms with Crippen molar-refractivity contribution < 1.29 is 4.39 Å². The summed E-state index contributed by atoms with van der Waals surface area (Å²) in [5.41, 5.74) is 1.82. The average Bonchev–Trinajstić information content (AvgIpc) is 2.75. The van der Waals surface area contributed by atoms with Crippen molar-refractivity contribution in [2.75, 3.05) is 0 Å². The van der Waals surface area contributed by atoms with E-state index in [2.05, 4.69) is 33.8 Å². The smallest absolute Gasteiger partial charge is 0.131 e. The minimum absolute atomic E-state index is 0.320. The molecule has 0 spiro atoms. The SMILES string of the molecule is N#Cc1ccccc1-n1nc(I)c2ccc(F)cc21. The van der Waals surface area contributed by atoms with Gasteiger partial charge in [-0.3, -0.25) is 0 Å².